The van der Waals surface area contributed by atoms with Crippen LogP contribution in [0.15, 0.2) is 45.1 Å². The van der Waals surface area contributed by atoms with Crippen molar-refractivity contribution in [3.05, 3.63) is 47.5 Å². The Balaban J connectivity index is 1.57. The standard InChI is InChI=1S/C24H26N4S6/c1-5-27(6-2)21(29)15-11-9-13-17-19(15)25-23(31-17)33-34-24-26-20-16(12-10-14-18(20)32-24)22(30)28(7-3)8-4/h9-14H,5-8H2,1-4H3. The van der Waals surface area contributed by atoms with Gasteiger partial charge in [-0.2, -0.15) is 0 Å². The molecule has 0 unspecified atom stereocenters. The molecule has 0 aliphatic heterocycles. The van der Waals surface area contributed by atoms with Gasteiger partial charge in [-0.25, -0.2) is 9.97 Å². The van der Waals surface area contributed by atoms with Gasteiger partial charge in [0.05, 0.1) is 20.4 Å². The van der Waals surface area contributed by atoms with Crippen LogP contribution in [0.1, 0.15) is 38.8 Å². The van der Waals surface area contributed by atoms with E-state index in [1.165, 1.54) is 0 Å². The zero-order valence-corrected chi connectivity index (χ0v) is 24.4. The van der Waals surface area contributed by atoms with Gasteiger partial charge in [0.1, 0.15) is 9.98 Å². The largest absolute Gasteiger partial charge is 0.363 e. The van der Waals surface area contributed by atoms with E-state index in [1.807, 2.05) is 0 Å². The minimum Gasteiger partial charge on any atom is -0.363 e. The van der Waals surface area contributed by atoms with Crippen molar-refractivity contribution in [2.24, 2.45) is 0 Å². The molecular formula is C24H26N4S6. The van der Waals surface area contributed by atoms with Gasteiger partial charge < -0.3 is 9.80 Å². The number of hydrogen-bond donors (Lipinski definition) is 0. The van der Waals surface area contributed by atoms with Crippen molar-refractivity contribution in [1.29, 1.82) is 0 Å². The maximum absolute atomic E-state index is 5.78. The lowest BCUT2D eigenvalue weighted by atomic mass is 10.2. The molecule has 34 heavy (non-hydrogen) atoms. The molecule has 0 aliphatic carbocycles. The Morgan fingerprint density at radius 3 is 1.44 bits per heavy atom. The molecular weight excluding hydrogens is 537 g/mol. The number of nitrogens with zero attached hydrogens (tertiary/aromatic N) is 4. The predicted molar refractivity (Wildman–Crippen MR) is 160 cm³/mol. The Bertz CT molecular complexity index is 1220. The molecule has 0 amide bonds. The molecule has 4 aromatic rings. The number of benzene rings is 2. The fourth-order valence-corrected chi connectivity index (χ4v) is 9.09. The molecule has 0 saturated heterocycles. The van der Waals surface area contributed by atoms with Gasteiger partial charge in [-0.3, -0.25) is 0 Å². The lowest BCUT2D eigenvalue weighted by Crippen LogP contribution is -2.29. The van der Waals surface area contributed by atoms with Crippen molar-refractivity contribution in [2.75, 3.05) is 26.2 Å². The summed E-state index contributed by atoms with van der Waals surface area (Å²) in [6.45, 7) is 12.1. The Labute approximate surface area is 227 Å². The molecule has 10 heteroatoms. The molecule has 4 rings (SSSR count). The highest BCUT2D eigenvalue weighted by atomic mass is 33.1. The Morgan fingerprint density at radius 1 is 0.706 bits per heavy atom. The molecule has 0 N–H and O–H groups in total. The average Bonchev–Trinajstić information content (AvgIpc) is 3.47. The SMILES string of the molecule is CCN(CC)C(=S)c1cccc2sc(SSc3nc4c(C(=S)N(CC)CC)cccc4s3)nc12. The van der Waals surface area contributed by atoms with Crippen molar-refractivity contribution in [2.45, 2.75) is 36.4 Å². The Hall–Kier alpha value is -1.30. The van der Waals surface area contributed by atoms with E-state index in [0.29, 0.717) is 0 Å². The van der Waals surface area contributed by atoms with E-state index in [-0.39, 0.29) is 0 Å². The fraction of sp³-hybridized carbons (Fsp3) is 0.333. The third-order valence-corrected chi connectivity index (χ3v) is 11.5. The summed E-state index contributed by atoms with van der Waals surface area (Å²) in [5.74, 6) is 0. The second kappa shape index (κ2) is 11.6. The first-order chi connectivity index (χ1) is 16.5. The minimum atomic E-state index is 0.868. The van der Waals surface area contributed by atoms with E-state index in [2.05, 4.69) is 73.9 Å². The van der Waals surface area contributed by atoms with Gasteiger partial charge in [-0.05, 0) is 73.5 Å². The van der Waals surface area contributed by atoms with E-state index >= 15 is 0 Å². The van der Waals surface area contributed by atoms with Gasteiger partial charge in [0.15, 0.2) is 8.68 Å². The molecule has 2 aromatic heterocycles. The van der Waals surface area contributed by atoms with Crippen LogP contribution in [0.2, 0.25) is 0 Å². The number of thiocarbonyl (C=S) groups is 2. The lowest BCUT2D eigenvalue weighted by Gasteiger charge is -2.21. The van der Waals surface area contributed by atoms with Crippen LogP contribution in [-0.4, -0.2) is 55.9 Å². The monoisotopic (exact) mass is 562 g/mol. The van der Waals surface area contributed by atoms with Gasteiger partial charge in [-0.1, -0.05) is 36.6 Å². The van der Waals surface area contributed by atoms with Crippen molar-refractivity contribution in [3.63, 3.8) is 0 Å². The minimum absolute atomic E-state index is 0.868. The van der Waals surface area contributed by atoms with Crippen molar-refractivity contribution < 1.29 is 0 Å². The van der Waals surface area contributed by atoms with E-state index in [9.17, 15) is 0 Å². The Morgan fingerprint density at radius 2 is 1.09 bits per heavy atom. The summed E-state index contributed by atoms with van der Waals surface area (Å²) in [5.41, 5.74) is 4.06. The van der Waals surface area contributed by atoms with E-state index < -0.39 is 0 Å². The van der Waals surface area contributed by atoms with Crippen molar-refractivity contribution in [1.82, 2.24) is 19.8 Å². The summed E-state index contributed by atoms with van der Waals surface area (Å²) < 4.78 is 4.33. The third-order valence-electron chi connectivity index (χ3n) is 5.55. The second-order valence-electron chi connectivity index (χ2n) is 7.39. The Kier molecular flexibility index (Phi) is 8.81. The zero-order chi connectivity index (χ0) is 24.2. The summed E-state index contributed by atoms with van der Waals surface area (Å²) in [6, 6.07) is 12.5. The fourth-order valence-electron chi connectivity index (χ4n) is 3.71. The number of rotatable bonds is 9. The van der Waals surface area contributed by atoms with Gasteiger partial charge >= 0.3 is 0 Å². The molecule has 4 nitrogen and oxygen atoms in total. The van der Waals surface area contributed by atoms with E-state index in [0.717, 1.165) is 76.4 Å². The van der Waals surface area contributed by atoms with Crippen molar-refractivity contribution in [3.8, 4) is 0 Å². The summed E-state index contributed by atoms with van der Waals surface area (Å²) in [6.07, 6.45) is 0. The van der Waals surface area contributed by atoms with E-state index in [1.54, 1.807) is 44.3 Å². The number of thiazole rings is 2. The molecule has 0 atom stereocenters. The first-order valence-corrected chi connectivity index (χ1v) is 15.8. The van der Waals surface area contributed by atoms with Crippen molar-refractivity contribution >= 4 is 99.1 Å². The molecule has 178 valence electrons. The van der Waals surface area contributed by atoms with Crippen LogP contribution in [0.25, 0.3) is 20.4 Å². The van der Waals surface area contributed by atoms with Crippen LogP contribution in [0.4, 0.5) is 0 Å². The summed E-state index contributed by atoms with van der Waals surface area (Å²) in [7, 11) is 3.31. The summed E-state index contributed by atoms with van der Waals surface area (Å²) in [5, 5.41) is 0. The molecule has 0 radical (unpaired) electrons. The zero-order valence-electron chi connectivity index (χ0n) is 19.5. The number of hydrogen-bond acceptors (Lipinski definition) is 8. The summed E-state index contributed by atoms with van der Waals surface area (Å²) in [4.78, 5) is 16.0. The first-order valence-electron chi connectivity index (χ1n) is 11.2. The molecule has 0 spiro atoms. The molecule has 2 aromatic carbocycles. The van der Waals surface area contributed by atoms with Gasteiger partial charge in [0, 0.05) is 37.3 Å². The number of aromatic nitrogens is 2. The number of para-hydroxylation sites is 2. The van der Waals surface area contributed by atoms with Crippen LogP contribution in [0.3, 0.4) is 0 Å². The predicted octanol–water partition coefficient (Wildman–Crippen LogP) is 7.74. The van der Waals surface area contributed by atoms with Crippen LogP contribution >= 0.6 is 68.7 Å². The molecule has 2 heterocycles. The topological polar surface area (TPSA) is 32.3 Å². The maximum Gasteiger partial charge on any atom is 0.162 e. The maximum atomic E-state index is 5.78. The normalized spacial score (nSPS) is 11.3. The lowest BCUT2D eigenvalue weighted by molar-refractivity contribution is 0.475. The molecule has 0 fully saturated rings. The van der Waals surface area contributed by atoms with Crippen LogP contribution in [0, 0.1) is 0 Å². The molecule has 0 saturated carbocycles. The molecule has 0 bridgehead atoms. The smallest absolute Gasteiger partial charge is 0.162 e. The van der Waals surface area contributed by atoms with Crippen LogP contribution in [-0.2, 0) is 0 Å². The quantitative estimate of drug-likeness (QED) is 0.151. The van der Waals surface area contributed by atoms with Crippen LogP contribution in [0.5, 0.6) is 0 Å². The second-order valence-corrected chi connectivity index (χ2v) is 12.8. The highest BCUT2D eigenvalue weighted by molar-refractivity contribution is 8.77. The van der Waals surface area contributed by atoms with Gasteiger partial charge in [0.25, 0.3) is 0 Å². The highest BCUT2D eigenvalue weighted by Gasteiger charge is 2.18. The van der Waals surface area contributed by atoms with E-state index in [4.69, 9.17) is 34.4 Å². The van der Waals surface area contributed by atoms with Gasteiger partial charge in [-0.15, -0.1) is 22.7 Å². The summed E-state index contributed by atoms with van der Waals surface area (Å²) >= 11 is 15.0. The molecule has 0 aliphatic rings. The average molecular weight is 563 g/mol. The first kappa shape index (κ1) is 25.8. The van der Waals surface area contributed by atoms with Crippen LogP contribution < -0.4 is 0 Å². The third kappa shape index (κ3) is 5.27. The van der Waals surface area contributed by atoms with Gasteiger partial charge in [0.2, 0.25) is 0 Å². The number of fused-ring (bicyclic) bond motifs is 2. The highest BCUT2D eigenvalue weighted by Crippen LogP contribution is 2.44.